The maximum atomic E-state index is 11.9. The van der Waals surface area contributed by atoms with Crippen LogP contribution in [0.15, 0.2) is 60.7 Å². The largest absolute Gasteiger partial charge is 0.349 e. The molecule has 0 spiro atoms. The summed E-state index contributed by atoms with van der Waals surface area (Å²) in [4.78, 5) is 25.1. The number of carbonyl (C=O) groups excluding carboxylic acids is 2. The van der Waals surface area contributed by atoms with Crippen molar-refractivity contribution in [1.29, 1.82) is 0 Å². The van der Waals surface area contributed by atoms with Crippen molar-refractivity contribution < 1.29 is 9.59 Å². The molecule has 0 aromatic heterocycles. The van der Waals surface area contributed by atoms with E-state index in [9.17, 15) is 9.59 Å². The van der Waals surface area contributed by atoms with Crippen molar-refractivity contribution in [2.75, 3.05) is 19.4 Å². The van der Waals surface area contributed by atoms with Gasteiger partial charge in [-0.3, -0.25) is 9.59 Å². The summed E-state index contributed by atoms with van der Waals surface area (Å²) in [5, 5.41) is 2.79. The number of benzene rings is 2. The molecule has 2 rings (SSSR count). The summed E-state index contributed by atoms with van der Waals surface area (Å²) in [6.45, 7) is 0. The Morgan fingerprint density at radius 3 is 2.26 bits per heavy atom. The molecule has 0 fully saturated rings. The topological polar surface area (TPSA) is 49.4 Å². The first kappa shape index (κ1) is 16.5. The Bertz CT molecular complexity index is 689. The molecule has 0 aliphatic heterocycles. The molecule has 0 radical (unpaired) electrons. The molecule has 0 saturated carbocycles. The van der Waals surface area contributed by atoms with Crippen LogP contribution in [-0.4, -0.2) is 30.8 Å². The van der Waals surface area contributed by atoms with E-state index < -0.39 is 0 Å². The molecule has 0 unspecified atom stereocenters. The van der Waals surface area contributed by atoms with Crippen molar-refractivity contribution in [2.45, 2.75) is 6.42 Å². The van der Waals surface area contributed by atoms with Crippen LogP contribution >= 0.6 is 0 Å². The van der Waals surface area contributed by atoms with Crippen LogP contribution in [0, 0.1) is 0 Å². The summed E-state index contributed by atoms with van der Waals surface area (Å²) in [6.07, 6.45) is 3.62. The lowest BCUT2D eigenvalue weighted by atomic mass is 10.1. The van der Waals surface area contributed by atoms with Gasteiger partial charge in [-0.1, -0.05) is 42.5 Å². The molecule has 23 heavy (non-hydrogen) atoms. The van der Waals surface area contributed by atoms with Crippen LogP contribution in [0.4, 0.5) is 5.69 Å². The average molecular weight is 308 g/mol. The maximum Gasteiger partial charge on any atom is 0.248 e. The van der Waals surface area contributed by atoms with Gasteiger partial charge in [0.25, 0.3) is 0 Å². The molecule has 118 valence electrons. The molecule has 2 aromatic carbocycles. The number of nitrogens with zero attached hydrogens (tertiary/aromatic N) is 1. The first-order valence-corrected chi connectivity index (χ1v) is 7.38. The zero-order valence-corrected chi connectivity index (χ0v) is 13.3. The summed E-state index contributed by atoms with van der Waals surface area (Å²) >= 11 is 0. The van der Waals surface area contributed by atoms with E-state index in [1.54, 1.807) is 37.2 Å². The Morgan fingerprint density at radius 1 is 1.00 bits per heavy atom. The van der Waals surface area contributed by atoms with Gasteiger partial charge in [0.05, 0.1) is 6.42 Å². The first-order chi connectivity index (χ1) is 11.0. The van der Waals surface area contributed by atoms with Crippen LogP contribution in [0.1, 0.15) is 11.1 Å². The van der Waals surface area contributed by atoms with E-state index in [0.717, 1.165) is 11.1 Å². The van der Waals surface area contributed by atoms with Crippen LogP contribution in [-0.2, 0) is 16.0 Å². The van der Waals surface area contributed by atoms with E-state index in [4.69, 9.17) is 0 Å². The average Bonchev–Trinajstić information content (AvgIpc) is 2.55. The zero-order chi connectivity index (χ0) is 16.7. The van der Waals surface area contributed by atoms with Gasteiger partial charge in [0.15, 0.2) is 0 Å². The van der Waals surface area contributed by atoms with Gasteiger partial charge in [0.2, 0.25) is 11.8 Å². The molecule has 0 heterocycles. The lowest BCUT2D eigenvalue weighted by molar-refractivity contribution is -0.128. The van der Waals surface area contributed by atoms with Crippen molar-refractivity contribution in [1.82, 2.24) is 4.90 Å². The number of anilines is 1. The minimum absolute atomic E-state index is 0.0487. The van der Waals surface area contributed by atoms with Crippen LogP contribution in [0.25, 0.3) is 6.08 Å². The summed E-state index contributed by atoms with van der Waals surface area (Å²) < 4.78 is 0. The Balaban J connectivity index is 1.91. The van der Waals surface area contributed by atoms with E-state index in [0.29, 0.717) is 12.1 Å². The van der Waals surface area contributed by atoms with Gasteiger partial charge in [0, 0.05) is 25.9 Å². The van der Waals surface area contributed by atoms with E-state index in [1.807, 2.05) is 42.5 Å². The monoisotopic (exact) mass is 308 g/mol. The molecule has 1 N–H and O–H groups in total. The second-order valence-corrected chi connectivity index (χ2v) is 5.40. The van der Waals surface area contributed by atoms with Crippen molar-refractivity contribution in [3.63, 3.8) is 0 Å². The smallest absolute Gasteiger partial charge is 0.248 e. The minimum Gasteiger partial charge on any atom is -0.349 e. The molecule has 2 amide bonds. The number of amides is 2. The fraction of sp³-hybridized carbons (Fsp3) is 0.158. The summed E-state index contributed by atoms with van der Waals surface area (Å²) in [6, 6.07) is 16.9. The highest BCUT2D eigenvalue weighted by Crippen LogP contribution is 2.11. The molecule has 0 aliphatic rings. The molecule has 4 heteroatoms. The molecular weight excluding hydrogens is 288 g/mol. The summed E-state index contributed by atoms with van der Waals surface area (Å²) in [7, 11) is 3.46. The van der Waals surface area contributed by atoms with Crippen LogP contribution < -0.4 is 5.32 Å². The van der Waals surface area contributed by atoms with Gasteiger partial charge in [-0.05, 0) is 29.3 Å². The van der Waals surface area contributed by atoms with Crippen LogP contribution in [0.2, 0.25) is 0 Å². The predicted octanol–water partition coefficient (Wildman–Crippen LogP) is 2.97. The number of hydrogen-bond acceptors (Lipinski definition) is 2. The van der Waals surface area contributed by atoms with Crippen molar-refractivity contribution in [2.24, 2.45) is 0 Å². The van der Waals surface area contributed by atoms with Gasteiger partial charge in [-0.15, -0.1) is 0 Å². The van der Waals surface area contributed by atoms with E-state index in [-0.39, 0.29) is 11.8 Å². The third-order valence-electron chi connectivity index (χ3n) is 3.30. The molecular formula is C19H20N2O2. The number of carbonyl (C=O) groups is 2. The molecule has 0 aliphatic carbocycles. The lowest BCUT2D eigenvalue weighted by Gasteiger charge is -2.10. The third-order valence-corrected chi connectivity index (χ3v) is 3.30. The van der Waals surface area contributed by atoms with E-state index in [1.165, 1.54) is 6.08 Å². The molecule has 0 bridgehead atoms. The standard InChI is InChI=1S/C19H20N2O2/c1-21(2)19(23)14-16-8-11-17(12-9-16)20-18(22)13-10-15-6-4-3-5-7-15/h3-13H,14H2,1-2H3,(H,20,22)/b13-10+. The molecule has 4 nitrogen and oxygen atoms in total. The van der Waals surface area contributed by atoms with Crippen molar-refractivity contribution in [3.8, 4) is 0 Å². The van der Waals surface area contributed by atoms with Gasteiger partial charge in [-0.25, -0.2) is 0 Å². The third kappa shape index (κ3) is 5.43. The molecule has 2 aromatic rings. The number of likely N-dealkylation sites (N-methyl/N-ethyl adjacent to an activating group) is 1. The quantitative estimate of drug-likeness (QED) is 0.863. The Labute approximate surface area is 136 Å². The normalized spacial score (nSPS) is 10.5. The molecule has 0 saturated heterocycles. The summed E-state index contributed by atoms with van der Waals surface area (Å²) in [5.74, 6) is -0.140. The number of rotatable bonds is 5. The predicted molar refractivity (Wildman–Crippen MR) is 92.9 cm³/mol. The highest BCUT2D eigenvalue weighted by atomic mass is 16.2. The highest BCUT2D eigenvalue weighted by Gasteiger charge is 2.05. The van der Waals surface area contributed by atoms with Gasteiger partial charge in [0.1, 0.15) is 0 Å². The second-order valence-electron chi connectivity index (χ2n) is 5.40. The lowest BCUT2D eigenvalue weighted by Crippen LogP contribution is -2.23. The van der Waals surface area contributed by atoms with Crippen LogP contribution in [0.3, 0.4) is 0 Å². The van der Waals surface area contributed by atoms with Gasteiger partial charge in [-0.2, -0.15) is 0 Å². The first-order valence-electron chi connectivity index (χ1n) is 7.38. The zero-order valence-electron chi connectivity index (χ0n) is 13.3. The second kappa shape index (κ2) is 7.94. The number of hydrogen-bond donors (Lipinski definition) is 1. The van der Waals surface area contributed by atoms with Crippen LogP contribution in [0.5, 0.6) is 0 Å². The van der Waals surface area contributed by atoms with Gasteiger partial charge >= 0.3 is 0 Å². The Hall–Kier alpha value is -2.88. The van der Waals surface area contributed by atoms with Crippen molar-refractivity contribution >= 4 is 23.6 Å². The fourth-order valence-electron chi connectivity index (χ4n) is 1.96. The SMILES string of the molecule is CN(C)C(=O)Cc1ccc(NC(=O)/C=C/c2ccccc2)cc1. The van der Waals surface area contributed by atoms with E-state index >= 15 is 0 Å². The minimum atomic E-state index is -0.189. The Kier molecular flexibility index (Phi) is 5.69. The van der Waals surface area contributed by atoms with Crippen molar-refractivity contribution in [3.05, 3.63) is 71.8 Å². The summed E-state index contributed by atoms with van der Waals surface area (Å²) in [5.41, 5.74) is 2.59. The van der Waals surface area contributed by atoms with E-state index in [2.05, 4.69) is 5.32 Å². The maximum absolute atomic E-state index is 11.9. The highest BCUT2D eigenvalue weighted by molar-refractivity contribution is 6.01. The fourth-order valence-corrected chi connectivity index (χ4v) is 1.96. The number of nitrogens with one attached hydrogen (secondary N) is 1. The Morgan fingerprint density at radius 2 is 1.65 bits per heavy atom. The molecule has 0 atom stereocenters. The van der Waals surface area contributed by atoms with Gasteiger partial charge < -0.3 is 10.2 Å².